The number of nitrogens with one attached hydrogen (secondary N) is 2. The van der Waals surface area contributed by atoms with E-state index >= 15 is 0 Å². The molecule has 1 aromatic rings. The summed E-state index contributed by atoms with van der Waals surface area (Å²) >= 11 is 0. The molecule has 1 saturated carbocycles. The lowest BCUT2D eigenvalue weighted by molar-refractivity contribution is -0.128. The van der Waals surface area contributed by atoms with Crippen molar-refractivity contribution < 1.29 is 9.59 Å². The van der Waals surface area contributed by atoms with Crippen molar-refractivity contribution in [3.05, 3.63) is 35.9 Å². The van der Waals surface area contributed by atoms with Gasteiger partial charge in [-0.15, -0.1) is 0 Å². The van der Waals surface area contributed by atoms with Gasteiger partial charge in [0.25, 0.3) is 0 Å². The third-order valence-electron chi connectivity index (χ3n) is 6.25. The molecule has 0 spiro atoms. The first-order valence-corrected chi connectivity index (χ1v) is 11.1. The molecule has 1 fully saturated rings. The third kappa shape index (κ3) is 6.34. The van der Waals surface area contributed by atoms with Crippen LogP contribution < -0.4 is 15.5 Å². The number of carbonyl (C=O) groups excluding carboxylic acids is 2. The van der Waals surface area contributed by atoms with E-state index in [2.05, 4.69) is 16.7 Å². The Morgan fingerprint density at radius 1 is 0.966 bits per heavy atom. The highest BCUT2D eigenvalue weighted by Gasteiger charge is 2.29. The first-order chi connectivity index (χ1) is 14.0. The summed E-state index contributed by atoms with van der Waals surface area (Å²) < 4.78 is 0. The minimum absolute atomic E-state index is 0.0000281. The zero-order valence-electron chi connectivity index (χ0n) is 17.9. The second-order valence-corrected chi connectivity index (χ2v) is 8.63. The van der Waals surface area contributed by atoms with Crippen LogP contribution in [-0.4, -0.2) is 32.5 Å². The molecule has 0 bridgehead atoms. The highest BCUT2D eigenvalue weighted by Crippen LogP contribution is 2.30. The number of anilines is 2. The van der Waals surface area contributed by atoms with Crippen molar-refractivity contribution in [2.75, 3.05) is 30.9 Å². The highest BCUT2D eigenvalue weighted by atomic mass is 16.2. The van der Waals surface area contributed by atoms with Gasteiger partial charge in [0.2, 0.25) is 11.8 Å². The fourth-order valence-corrected chi connectivity index (χ4v) is 4.33. The van der Waals surface area contributed by atoms with Gasteiger partial charge < -0.3 is 15.5 Å². The number of amides is 2. The Labute approximate surface area is 174 Å². The summed E-state index contributed by atoms with van der Waals surface area (Å²) in [6, 6.07) is 7.88. The van der Waals surface area contributed by atoms with Crippen LogP contribution in [0.2, 0.25) is 0 Å². The van der Waals surface area contributed by atoms with Crippen LogP contribution in [0.3, 0.4) is 0 Å². The number of nitrogens with zero attached hydrogens (tertiary/aromatic N) is 1. The molecular formula is C24H35N3O2. The summed E-state index contributed by atoms with van der Waals surface area (Å²) in [5.74, 6) is 0.295. The molecule has 0 unspecified atom stereocenters. The maximum absolute atomic E-state index is 12.6. The summed E-state index contributed by atoms with van der Waals surface area (Å²) in [5, 5.41) is 6.14. The van der Waals surface area contributed by atoms with E-state index in [0.29, 0.717) is 0 Å². The second kappa shape index (κ2) is 10.5. The van der Waals surface area contributed by atoms with Crippen LogP contribution in [-0.2, 0) is 9.59 Å². The van der Waals surface area contributed by atoms with Crippen LogP contribution in [0.4, 0.5) is 11.4 Å². The van der Waals surface area contributed by atoms with Gasteiger partial charge in [-0.2, -0.15) is 0 Å². The molecule has 0 saturated heterocycles. The molecule has 0 aliphatic heterocycles. The van der Waals surface area contributed by atoms with Crippen LogP contribution in [0.25, 0.3) is 0 Å². The van der Waals surface area contributed by atoms with Crippen LogP contribution >= 0.6 is 0 Å². The van der Waals surface area contributed by atoms with Gasteiger partial charge in [-0.05, 0) is 82.1 Å². The maximum atomic E-state index is 12.6. The monoisotopic (exact) mass is 397 g/mol. The van der Waals surface area contributed by atoms with Crippen molar-refractivity contribution in [3.63, 3.8) is 0 Å². The van der Waals surface area contributed by atoms with E-state index in [9.17, 15) is 9.59 Å². The number of benzene rings is 1. The number of hydrogen-bond acceptors (Lipinski definition) is 3. The second-order valence-electron chi connectivity index (χ2n) is 8.63. The van der Waals surface area contributed by atoms with E-state index in [-0.39, 0.29) is 23.7 Å². The summed E-state index contributed by atoms with van der Waals surface area (Å²) in [6.45, 7) is 0.744. The van der Waals surface area contributed by atoms with Crippen molar-refractivity contribution in [2.45, 2.75) is 57.8 Å². The fraction of sp³-hybridized carbons (Fsp3) is 0.583. The first kappa shape index (κ1) is 21.4. The molecule has 5 heteroatoms. The Balaban J connectivity index is 1.38. The summed E-state index contributed by atoms with van der Waals surface area (Å²) in [4.78, 5) is 27.1. The quantitative estimate of drug-likeness (QED) is 0.666. The largest absolute Gasteiger partial charge is 0.378 e. The first-order valence-electron chi connectivity index (χ1n) is 11.1. The SMILES string of the molecule is CN(C)c1ccc(NC(=O)C2CCC(C(=O)NCCC3=CCCCC3)CC2)cc1. The summed E-state index contributed by atoms with van der Waals surface area (Å²) in [5.41, 5.74) is 3.43. The predicted molar refractivity (Wildman–Crippen MR) is 119 cm³/mol. The normalized spacial score (nSPS) is 21.8. The van der Waals surface area contributed by atoms with Crippen molar-refractivity contribution in [3.8, 4) is 0 Å². The van der Waals surface area contributed by atoms with Crippen molar-refractivity contribution in [2.24, 2.45) is 11.8 Å². The number of allylic oxidation sites excluding steroid dienone is 1. The summed E-state index contributed by atoms with van der Waals surface area (Å²) in [6.07, 6.45) is 11.4. The molecule has 2 aliphatic carbocycles. The topological polar surface area (TPSA) is 61.4 Å². The molecule has 2 N–H and O–H groups in total. The van der Waals surface area contributed by atoms with Gasteiger partial charge in [-0.1, -0.05) is 11.6 Å². The Hall–Kier alpha value is -2.30. The van der Waals surface area contributed by atoms with Gasteiger partial charge >= 0.3 is 0 Å². The zero-order valence-corrected chi connectivity index (χ0v) is 17.9. The Morgan fingerprint density at radius 3 is 2.21 bits per heavy atom. The van der Waals surface area contributed by atoms with E-state index in [1.165, 1.54) is 31.3 Å². The minimum atomic E-state index is -0.0000281. The van der Waals surface area contributed by atoms with Crippen LogP contribution in [0.1, 0.15) is 57.8 Å². The Bertz CT molecular complexity index is 716. The Morgan fingerprint density at radius 2 is 1.62 bits per heavy atom. The smallest absolute Gasteiger partial charge is 0.227 e. The predicted octanol–water partition coefficient (Wildman–Crippen LogP) is 4.50. The molecule has 0 atom stereocenters. The minimum Gasteiger partial charge on any atom is -0.378 e. The average Bonchev–Trinajstić information content (AvgIpc) is 2.75. The maximum Gasteiger partial charge on any atom is 0.227 e. The van der Waals surface area contributed by atoms with Gasteiger partial charge in [0.05, 0.1) is 0 Å². The van der Waals surface area contributed by atoms with Gasteiger partial charge in [-0.3, -0.25) is 9.59 Å². The molecule has 2 amide bonds. The van der Waals surface area contributed by atoms with Crippen LogP contribution in [0, 0.1) is 11.8 Å². The molecule has 2 aliphatic rings. The molecule has 0 aromatic heterocycles. The molecule has 0 radical (unpaired) electrons. The van der Waals surface area contributed by atoms with Crippen molar-refractivity contribution in [1.29, 1.82) is 0 Å². The van der Waals surface area contributed by atoms with E-state index in [4.69, 9.17) is 0 Å². The average molecular weight is 398 g/mol. The van der Waals surface area contributed by atoms with Gasteiger partial charge in [0.1, 0.15) is 0 Å². The van der Waals surface area contributed by atoms with E-state index in [1.807, 2.05) is 43.3 Å². The molecule has 5 nitrogen and oxygen atoms in total. The lowest BCUT2D eigenvalue weighted by atomic mass is 9.81. The van der Waals surface area contributed by atoms with Gasteiger partial charge in [0.15, 0.2) is 0 Å². The fourth-order valence-electron chi connectivity index (χ4n) is 4.33. The van der Waals surface area contributed by atoms with Crippen molar-refractivity contribution in [1.82, 2.24) is 5.32 Å². The zero-order chi connectivity index (χ0) is 20.6. The number of carbonyl (C=O) groups is 2. The van der Waals surface area contributed by atoms with E-state index in [0.717, 1.165) is 50.0 Å². The number of rotatable bonds is 7. The van der Waals surface area contributed by atoms with Gasteiger partial charge in [-0.25, -0.2) is 0 Å². The lowest BCUT2D eigenvalue weighted by Gasteiger charge is -2.27. The lowest BCUT2D eigenvalue weighted by Crippen LogP contribution is -2.36. The molecule has 158 valence electrons. The molecule has 3 rings (SSSR count). The standard InChI is InChI=1S/C24H35N3O2/c1-27(2)22-14-12-21(13-15-22)26-24(29)20-10-8-19(9-11-20)23(28)25-17-16-18-6-4-3-5-7-18/h6,12-15,19-20H,3-5,7-11,16-17H2,1-2H3,(H,25,28)(H,26,29). The van der Waals surface area contributed by atoms with Crippen LogP contribution in [0.5, 0.6) is 0 Å². The third-order valence-corrected chi connectivity index (χ3v) is 6.25. The highest BCUT2D eigenvalue weighted by molar-refractivity contribution is 5.93. The van der Waals surface area contributed by atoms with E-state index < -0.39 is 0 Å². The van der Waals surface area contributed by atoms with E-state index in [1.54, 1.807) is 0 Å². The van der Waals surface area contributed by atoms with Crippen molar-refractivity contribution >= 4 is 23.2 Å². The molecule has 29 heavy (non-hydrogen) atoms. The number of hydrogen-bond donors (Lipinski definition) is 2. The molecule has 1 aromatic carbocycles. The van der Waals surface area contributed by atoms with Crippen LogP contribution in [0.15, 0.2) is 35.9 Å². The Kier molecular flexibility index (Phi) is 7.73. The molecule has 0 heterocycles. The van der Waals surface area contributed by atoms with Gasteiger partial charge in [0, 0.05) is 43.9 Å². The summed E-state index contributed by atoms with van der Waals surface area (Å²) in [7, 11) is 3.99. The molecular weight excluding hydrogens is 362 g/mol.